The van der Waals surface area contributed by atoms with Crippen LogP contribution in [0.15, 0.2) is 60.9 Å². The van der Waals surface area contributed by atoms with Crippen LogP contribution in [-0.2, 0) is 32.2 Å². The van der Waals surface area contributed by atoms with Crippen LogP contribution in [0.25, 0.3) is 11.0 Å². The summed E-state index contributed by atoms with van der Waals surface area (Å²) in [6.07, 6.45) is 1.30. The average Bonchev–Trinajstić information content (AvgIpc) is 3.19. The Labute approximate surface area is 191 Å². The second-order valence-electron chi connectivity index (χ2n) is 8.31. The summed E-state index contributed by atoms with van der Waals surface area (Å²) in [5.41, 5.74) is 0.413. The van der Waals surface area contributed by atoms with E-state index in [0.717, 1.165) is 10.9 Å². The molecular weight excluding hydrogens is 426 g/mol. The van der Waals surface area contributed by atoms with E-state index in [9.17, 15) is 14.4 Å². The molecule has 0 fully saturated rings. The molecule has 2 aromatic heterocycles. The first kappa shape index (κ1) is 23.8. The van der Waals surface area contributed by atoms with Gasteiger partial charge in [-0.3, -0.25) is 0 Å². The molecule has 33 heavy (non-hydrogen) atoms. The highest BCUT2D eigenvalue weighted by atomic mass is 16.6. The molecule has 0 radical (unpaired) electrons. The van der Waals surface area contributed by atoms with E-state index in [4.69, 9.17) is 14.2 Å². The number of ether oxygens (including phenoxy) is 3. The standard InChI is InChI=1S/C24H27N3O6/c1-24(2,3)33-23(30)27(22(29)32-16-17-9-6-5-7-10-17)19(21(28)31-4)15-26-14-12-18-11-8-13-25-20(18)26/h5-14,19H,15-16H2,1-4H3/t19-/m0/s1. The number of hydrogen-bond donors (Lipinski definition) is 0. The van der Waals surface area contributed by atoms with Gasteiger partial charge < -0.3 is 18.8 Å². The molecule has 2 amide bonds. The highest BCUT2D eigenvalue weighted by molar-refractivity contribution is 5.94. The fraction of sp³-hybridized carbons (Fsp3) is 0.333. The van der Waals surface area contributed by atoms with Crippen molar-refractivity contribution in [3.63, 3.8) is 0 Å². The van der Waals surface area contributed by atoms with E-state index < -0.39 is 29.8 Å². The lowest BCUT2D eigenvalue weighted by Gasteiger charge is -2.30. The predicted molar refractivity (Wildman–Crippen MR) is 120 cm³/mol. The Balaban J connectivity index is 1.93. The molecule has 9 nitrogen and oxygen atoms in total. The maximum Gasteiger partial charge on any atom is 0.420 e. The first-order chi connectivity index (χ1) is 15.7. The number of aromatic nitrogens is 2. The van der Waals surface area contributed by atoms with E-state index in [1.807, 2.05) is 18.2 Å². The zero-order valence-electron chi connectivity index (χ0n) is 19.1. The van der Waals surface area contributed by atoms with Crippen LogP contribution in [0.1, 0.15) is 26.3 Å². The van der Waals surface area contributed by atoms with Gasteiger partial charge in [0.15, 0.2) is 6.04 Å². The lowest BCUT2D eigenvalue weighted by Crippen LogP contribution is -2.52. The first-order valence-corrected chi connectivity index (χ1v) is 10.4. The van der Waals surface area contributed by atoms with Crippen LogP contribution in [0.5, 0.6) is 0 Å². The molecule has 0 aliphatic carbocycles. The zero-order valence-corrected chi connectivity index (χ0v) is 19.1. The Morgan fingerprint density at radius 2 is 1.76 bits per heavy atom. The van der Waals surface area contributed by atoms with Crippen molar-refractivity contribution < 1.29 is 28.6 Å². The molecule has 0 bridgehead atoms. The van der Waals surface area contributed by atoms with Gasteiger partial charge in [-0.05, 0) is 44.5 Å². The number of pyridine rings is 1. The van der Waals surface area contributed by atoms with Crippen LogP contribution in [0.3, 0.4) is 0 Å². The van der Waals surface area contributed by atoms with Crippen LogP contribution >= 0.6 is 0 Å². The third-order valence-corrected chi connectivity index (χ3v) is 4.67. The summed E-state index contributed by atoms with van der Waals surface area (Å²) in [6.45, 7) is 4.81. The molecule has 0 unspecified atom stereocenters. The number of imide groups is 1. The molecule has 3 rings (SSSR count). The van der Waals surface area contributed by atoms with Crippen LogP contribution in [0.2, 0.25) is 0 Å². The first-order valence-electron chi connectivity index (χ1n) is 10.4. The smallest absolute Gasteiger partial charge is 0.420 e. The van der Waals surface area contributed by atoms with Crippen LogP contribution in [-0.4, -0.2) is 51.4 Å². The lowest BCUT2D eigenvalue weighted by atomic mass is 10.2. The normalized spacial score (nSPS) is 12.1. The van der Waals surface area contributed by atoms with Crippen molar-refractivity contribution in [3.8, 4) is 0 Å². The third-order valence-electron chi connectivity index (χ3n) is 4.67. The number of esters is 1. The van der Waals surface area contributed by atoms with E-state index >= 15 is 0 Å². The number of carbonyl (C=O) groups is 3. The van der Waals surface area contributed by atoms with Gasteiger partial charge in [-0.1, -0.05) is 30.3 Å². The summed E-state index contributed by atoms with van der Waals surface area (Å²) in [4.78, 5) is 43.8. The van der Waals surface area contributed by atoms with E-state index in [1.54, 1.807) is 68.1 Å². The van der Waals surface area contributed by atoms with E-state index in [0.29, 0.717) is 10.5 Å². The summed E-state index contributed by atoms with van der Waals surface area (Å²) >= 11 is 0. The molecule has 2 heterocycles. The molecule has 0 saturated carbocycles. The van der Waals surface area contributed by atoms with E-state index in [1.165, 1.54) is 7.11 Å². The van der Waals surface area contributed by atoms with Crippen molar-refractivity contribution in [2.75, 3.05) is 7.11 Å². The van der Waals surface area contributed by atoms with Crippen molar-refractivity contribution in [1.82, 2.24) is 14.5 Å². The number of methoxy groups -OCH3 is 1. The second kappa shape index (κ2) is 10.2. The predicted octanol–water partition coefficient (Wildman–Crippen LogP) is 4.15. The quantitative estimate of drug-likeness (QED) is 0.408. The summed E-state index contributed by atoms with van der Waals surface area (Å²) in [6, 6.07) is 13.1. The Hall–Kier alpha value is -3.88. The SMILES string of the molecule is COC(=O)[C@H](Cn1ccc2cccnc21)N(C(=O)OCc1ccccc1)C(=O)OC(C)(C)C. The summed E-state index contributed by atoms with van der Waals surface area (Å²) in [7, 11) is 1.18. The third kappa shape index (κ3) is 6.09. The van der Waals surface area contributed by atoms with Crippen molar-refractivity contribution in [1.29, 1.82) is 0 Å². The number of carbonyl (C=O) groups excluding carboxylic acids is 3. The highest BCUT2D eigenvalue weighted by Crippen LogP contribution is 2.19. The summed E-state index contributed by atoms with van der Waals surface area (Å²) < 4.78 is 17.4. The minimum Gasteiger partial charge on any atom is -0.467 e. The van der Waals surface area contributed by atoms with Gasteiger partial charge in [-0.15, -0.1) is 0 Å². The van der Waals surface area contributed by atoms with Crippen molar-refractivity contribution in [3.05, 3.63) is 66.5 Å². The molecule has 0 aliphatic heterocycles. The number of nitrogens with zero attached hydrogens (tertiary/aromatic N) is 3. The lowest BCUT2D eigenvalue weighted by molar-refractivity contribution is -0.146. The van der Waals surface area contributed by atoms with Gasteiger partial charge in [0.05, 0.1) is 13.7 Å². The Kier molecular flexibility index (Phi) is 7.32. The molecule has 0 aliphatic rings. The Morgan fingerprint density at radius 1 is 1.03 bits per heavy atom. The summed E-state index contributed by atoms with van der Waals surface area (Å²) in [5, 5.41) is 0.844. The minimum atomic E-state index is -1.34. The number of rotatable bonds is 6. The van der Waals surface area contributed by atoms with Crippen molar-refractivity contribution >= 4 is 29.2 Å². The van der Waals surface area contributed by atoms with Gasteiger partial charge >= 0.3 is 18.2 Å². The van der Waals surface area contributed by atoms with E-state index in [2.05, 4.69) is 4.98 Å². The topological polar surface area (TPSA) is 100.0 Å². The molecule has 1 aromatic carbocycles. The molecule has 0 saturated heterocycles. The zero-order chi connectivity index (χ0) is 24.0. The summed E-state index contributed by atoms with van der Waals surface area (Å²) in [5.74, 6) is -0.796. The van der Waals surface area contributed by atoms with Crippen molar-refractivity contribution in [2.24, 2.45) is 0 Å². The number of fused-ring (bicyclic) bond motifs is 1. The molecule has 0 spiro atoms. The van der Waals surface area contributed by atoms with Gasteiger partial charge in [0, 0.05) is 17.8 Å². The molecule has 0 N–H and O–H groups in total. The van der Waals surface area contributed by atoms with Crippen LogP contribution in [0.4, 0.5) is 9.59 Å². The van der Waals surface area contributed by atoms with Gasteiger partial charge in [0.2, 0.25) is 0 Å². The number of benzene rings is 1. The Bertz CT molecular complexity index is 1120. The van der Waals surface area contributed by atoms with E-state index in [-0.39, 0.29) is 13.2 Å². The largest absolute Gasteiger partial charge is 0.467 e. The molecule has 9 heteroatoms. The van der Waals surface area contributed by atoms with Crippen LogP contribution in [0, 0.1) is 0 Å². The van der Waals surface area contributed by atoms with Crippen molar-refractivity contribution in [2.45, 2.75) is 45.6 Å². The van der Waals surface area contributed by atoms with Gasteiger partial charge in [0.25, 0.3) is 0 Å². The second-order valence-corrected chi connectivity index (χ2v) is 8.31. The fourth-order valence-corrected chi connectivity index (χ4v) is 3.18. The molecule has 1 atom stereocenters. The average molecular weight is 453 g/mol. The molecule has 3 aromatic rings. The van der Waals surface area contributed by atoms with Gasteiger partial charge in [-0.2, -0.15) is 4.90 Å². The molecule has 174 valence electrons. The maximum absolute atomic E-state index is 13.1. The van der Waals surface area contributed by atoms with Crippen LogP contribution < -0.4 is 0 Å². The minimum absolute atomic E-state index is 0.0825. The number of amides is 2. The van der Waals surface area contributed by atoms with Gasteiger partial charge in [0.1, 0.15) is 17.9 Å². The maximum atomic E-state index is 13.1. The monoisotopic (exact) mass is 453 g/mol. The molecular formula is C24H27N3O6. The fourth-order valence-electron chi connectivity index (χ4n) is 3.18. The highest BCUT2D eigenvalue weighted by Gasteiger charge is 2.40. The Morgan fingerprint density at radius 3 is 2.42 bits per heavy atom. The number of hydrogen-bond acceptors (Lipinski definition) is 7. The van der Waals surface area contributed by atoms with Gasteiger partial charge in [-0.25, -0.2) is 19.4 Å².